The van der Waals surface area contributed by atoms with Crippen molar-refractivity contribution in [1.29, 1.82) is 0 Å². The van der Waals surface area contributed by atoms with Crippen LogP contribution < -0.4 is 4.74 Å². The molecule has 1 aromatic rings. The fourth-order valence-electron chi connectivity index (χ4n) is 0.276. The number of halogens is 1. The first-order valence-corrected chi connectivity index (χ1v) is 2.65. The normalized spacial score (nSPS) is 9.25. The molecule has 0 radical (unpaired) electrons. The maximum Gasteiger partial charge on any atom is 0.417 e. The van der Waals surface area contributed by atoms with Crippen molar-refractivity contribution in [2.75, 3.05) is 7.11 Å². The average Bonchev–Trinajstić information content (AvgIpc) is 2.14. The Morgan fingerprint density at radius 1 is 1.75 bits per heavy atom. The molecule has 8 heavy (non-hydrogen) atoms. The molecule has 1 aromatic heterocycles. The topological polar surface area (TPSA) is 48.2 Å². The van der Waals surface area contributed by atoms with Crippen molar-refractivity contribution in [3.8, 4) is 6.08 Å². The fraction of sp³-hybridized carbons (Fsp3) is 0.333. The van der Waals surface area contributed by atoms with E-state index in [1.165, 1.54) is 7.11 Å². The van der Waals surface area contributed by atoms with Gasteiger partial charge in [-0.2, -0.15) is 0 Å². The van der Waals surface area contributed by atoms with Gasteiger partial charge in [0.25, 0.3) is 0 Å². The van der Waals surface area contributed by atoms with Gasteiger partial charge in [0.2, 0.25) is 4.73 Å². The molecule has 1 heterocycles. The SMILES string of the molecule is COc1nc(Br)no1. The van der Waals surface area contributed by atoms with Gasteiger partial charge in [-0.1, -0.05) is 0 Å². The van der Waals surface area contributed by atoms with E-state index in [9.17, 15) is 0 Å². The van der Waals surface area contributed by atoms with E-state index in [1.54, 1.807) is 0 Å². The molecule has 0 atom stereocenters. The van der Waals surface area contributed by atoms with Gasteiger partial charge in [0, 0.05) is 0 Å². The zero-order valence-electron chi connectivity index (χ0n) is 4.09. The number of methoxy groups -OCH3 is 1. The van der Waals surface area contributed by atoms with Gasteiger partial charge >= 0.3 is 6.08 Å². The first kappa shape index (κ1) is 5.55. The van der Waals surface area contributed by atoms with Crippen molar-refractivity contribution in [2.45, 2.75) is 0 Å². The van der Waals surface area contributed by atoms with E-state index in [0.717, 1.165) is 0 Å². The highest BCUT2D eigenvalue weighted by atomic mass is 79.9. The van der Waals surface area contributed by atoms with E-state index in [0.29, 0.717) is 4.73 Å². The molecule has 0 aliphatic rings. The van der Waals surface area contributed by atoms with E-state index < -0.39 is 0 Å². The summed E-state index contributed by atoms with van der Waals surface area (Å²) >= 11 is 2.98. The molecule has 0 saturated heterocycles. The summed E-state index contributed by atoms with van der Waals surface area (Å²) in [5.41, 5.74) is 0. The minimum absolute atomic E-state index is 0.164. The number of ether oxygens (including phenoxy) is 1. The van der Waals surface area contributed by atoms with E-state index in [1.807, 2.05) is 0 Å². The van der Waals surface area contributed by atoms with Gasteiger partial charge in [0.15, 0.2) is 0 Å². The van der Waals surface area contributed by atoms with Crippen LogP contribution in [0.5, 0.6) is 6.08 Å². The summed E-state index contributed by atoms with van der Waals surface area (Å²) in [6, 6.07) is 0. The number of nitrogens with zero attached hydrogens (tertiary/aromatic N) is 2. The van der Waals surface area contributed by atoms with Crippen molar-refractivity contribution in [1.82, 2.24) is 10.1 Å². The third-order valence-electron chi connectivity index (χ3n) is 0.557. The second-order valence-corrected chi connectivity index (χ2v) is 1.74. The molecule has 0 N–H and O–H groups in total. The lowest BCUT2D eigenvalue weighted by Gasteiger charge is -1.81. The summed E-state index contributed by atoms with van der Waals surface area (Å²) in [6.07, 6.45) is 0.164. The van der Waals surface area contributed by atoms with Crippen molar-refractivity contribution < 1.29 is 9.26 Å². The summed E-state index contributed by atoms with van der Waals surface area (Å²) in [5.74, 6) is 0. The van der Waals surface area contributed by atoms with Crippen LogP contribution in [-0.2, 0) is 0 Å². The molecular weight excluding hydrogens is 176 g/mol. The van der Waals surface area contributed by atoms with E-state index in [-0.39, 0.29) is 6.08 Å². The quantitative estimate of drug-likeness (QED) is 0.640. The Hall–Kier alpha value is -0.580. The zero-order valence-corrected chi connectivity index (χ0v) is 5.67. The van der Waals surface area contributed by atoms with E-state index in [4.69, 9.17) is 0 Å². The van der Waals surface area contributed by atoms with Crippen LogP contribution in [-0.4, -0.2) is 17.3 Å². The molecule has 0 amide bonds. The molecule has 1 rings (SSSR count). The summed E-state index contributed by atoms with van der Waals surface area (Å²) in [5, 5.41) is 3.39. The minimum atomic E-state index is 0.164. The highest BCUT2D eigenvalue weighted by molar-refractivity contribution is 9.10. The van der Waals surface area contributed by atoms with Crippen LogP contribution in [0.2, 0.25) is 0 Å². The highest BCUT2D eigenvalue weighted by Gasteiger charge is 1.98. The Kier molecular flexibility index (Phi) is 1.48. The summed E-state index contributed by atoms with van der Waals surface area (Å²) < 4.78 is 9.45. The Morgan fingerprint density at radius 2 is 2.50 bits per heavy atom. The molecule has 4 nitrogen and oxygen atoms in total. The lowest BCUT2D eigenvalue weighted by atomic mass is 11.2. The van der Waals surface area contributed by atoms with Crippen molar-refractivity contribution in [2.24, 2.45) is 0 Å². The number of aromatic nitrogens is 2. The lowest BCUT2D eigenvalue weighted by Crippen LogP contribution is -1.79. The van der Waals surface area contributed by atoms with Crippen molar-refractivity contribution >= 4 is 15.9 Å². The molecule has 0 spiro atoms. The largest absolute Gasteiger partial charge is 0.452 e. The second-order valence-electron chi connectivity index (χ2n) is 1.03. The van der Waals surface area contributed by atoms with Crippen LogP contribution in [0.4, 0.5) is 0 Å². The van der Waals surface area contributed by atoms with E-state index >= 15 is 0 Å². The molecule has 0 aliphatic carbocycles. The third-order valence-corrected chi connectivity index (χ3v) is 0.879. The number of hydrogen-bond acceptors (Lipinski definition) is 4. The van der Waals surface area contributed by atoms with Gasteiger partial charge in [0.05, 0.1) is 7.11 Å². The Bertz CT molecular complexity index is 176. The van der Waals surface area contributed by atoms with Gasteiger partial charge in [-0.05, 0) is 21.1 Å². The average molecular weight is 179 g/mol. The number of hydrogen-bond donors (Lipinski definition) is 0. The maximum absolute atomic E-state index is 4.56. The van der Waals surface area contributed by atoms with Crippen LogP contribution in [0.1, 0.15) is 0 Å². The van der Waals surface area contributed by atoms with E-state index in [2.05, 4.69) is 35.3 Å². The third kappa shape index (κ3) is 0.975. The van der Waals surface area contributed by atoms with Gasteiger partial charge in [-0.25, -0.2) is 0 Å². The van der Waals surface area contributed by atoms with Crippen LogP contribution >= 0.6 is 15.9 Å². The molecule has 0 unspecified atom stereocenters. The summed E-state index contributed by atoms with van der Waals surface area (Å²) in [4.78, 5) is 3.65. The molecular formula is C3H3BrN2O2. The molecule has 0 saturated carbocycles. The van der Waals surface area contributed by atoms with Gasteiger partial charge < -0.3 is 4.74 Å². The first-order chi connectivity index (χ1) is 3.83. The Morgan fingerprint density at radius 3 is 2.75 bits per heavy atom. The van der Waals surface area contributed by atoms with Gasteiger partial charge in [-0.3, -0.25) is 4.52 Å². The molecule has 0 aromatic carbocycles. The fourth-order valence-corrected chi connectivity index (χ4v) is 0.493. The smallest absolute Gasteiger partial charge is 0.417 e. The Balaban J connectivity index is 2.84. The Labute approximate surface area is 54.0 Å². The molecule has 0 bridgehead atoms. The predicted molar refractivity (Wildman–Crippen MR) is 28.5 cm³/mol. The number of rotatable bonds is 1. The first-order valence-electron chi connectivity index (χ1n) is 1.86. The summed E-state index contributed by atoms with van der Waals surface area (Å²) in [7, 11) is 1.46. The van der Waals surface area contributed by atoms with Crippen LogP contribution in [0.3, 0.4) is 0 Å². The van der Waals surface area contributed by atoms with Crippen molar-refractivity contribution in [3.63, 3.8) is 0 Å². The summed E-state index contributed by atoms with van der Waals surface area (Å²) in [6.45, 7) is 0. The van der Waals surface area contributed by atoms with Gasteiger partial charge in [0.1, 0.15) is 0 Å². The minimum Gasteiger partial charge on any atom is -0.452 e. The van der Waals surface area contributed by atoms with Crippen LogP contribution in [0.25, 0.3) is 0 Å². The highest BCUT2D eigenvalue weighted by Crippen LogP contribution is 2.08. The molecule has 0 aliphatic heterocycles. The molecule has 0 fully saturated rings. The second kappa shape index (κ2) is 2.13. The lowest BCUT2D eigenvalue weighted by molar-refractivity contribution is 0.250. The predicted octanol–water partition coefficient (Wildman–Crippen LogP) is 0.841. The molecule has 5 heteroatoms. The zero-order chi connectivity index (χ0) is 5.98. The van der Waals surface area contributed by atoms with Crippen LogP contribution in [0, 0.1) is 0 Å². The van der Waals surface area contributed by atoms with Crippen LogP contribution in [0.15, 0.2) is 9.26 Å². The molecule has 44 valence electrons. The monoisotopic (exact) mass is 178 g/mol. The van der Waals surface area contributed by atoms with Crippen molar-refractivity contribution in [3.05, 3.63) is 4.73 Å². The van der Waals surface area contributed by atoms with Gasteiger partial charge in [-0.15, -0.1) is 4.98 Å². The maximum atomic E-state index is 4.56. The standard InChI is InChI=1S/C3H3BrN2O2/c1-7-3-5-2(4)6-8-3/h1H3.